The van der Waals surface area contributed by atoms with Crippen molar-refractivity contribution in [2.45, 2.75) is 6.92 Å². The molecule has 6 nitrogen and oxygen atoms in total. The highest BCUT2D eigenvalue weighted by molar-refractivity contribution is 7.92. The molecule has 0 amide bonds. The van der Waals surface area contributed by atoms with Crippen molar-refractivity contribution in [1.82, 2.24) is 9.88 Å². The highest BCUT2D eigenvalue weighted by Crippen LogP contribution is 2.31. The standard InChI is InChI=1S/C18H23ClN4O2S/c1-3-21-10-12-22(13-11-21)18-14-17(8-9-20-18)23(26(2,24)25)16-6-4-15(19)5-7-16/h4-9,14H,3,10-13H2,1-2H3. The zero-order valence-corrected chi connectivity index (χ0v) is 16.5. The third kappa shape index (κ3) is 4.28. The SMILES string of the molecule is CCN1CCN(c2cc(N(c3ccc(Cl)cc3)S(C)(=O)=O)ccn2)CC1. The predicted octanol–water partition coefficient (Wildman–Crippen LogP) is 2.97. The van der Waals surface area contributed by atoms with Crippen molar-refractivity contribution >= 4 is 38.8 Å². The van der Waals surface area contributed by atoms with Crippen molar-refractivity contribution in [1.29, 1.82) is 0 Å². The lowest BCUT2D eigenvalue weighted by Gasteiger charge is -2.35. The first kappa shape index (κ1) is 18.9. The Balaban J connectivity index is 1.92. The number of hydrogen-bond acceptors (Lipinski definition) is 5. The number of pyridine rings is 1. The van der Waals surface area contributed by atoms with Crippen molar-refractivity contribution in [2.24, 2.45) is 0 Å². The van der Waals surface area contributed by atoms with Crippen LogP contribution in [0.4, 0.5) is 17.2 Å². The van der Waals surface area contributed by atoms with Crippen LogP contribution in [0.3, 0.4) is 0 Å². The van der Waals surface area contributed by atoms with Crippen LogP contribution >= 0.6 is 11.6 Å². The third-order valence-corrected chi connectivity index (χ3v) is 5.84. The predicted molar refractivity (Wildman–Crippen MR) is 107 cm³/mol. The summed E-state index contributed by atoms with van der Waals surface area (Å²) < 4.78 is 26.2. The van der Waals surface area contributed by atoms with Gasteiger partial charge in [0, 0.05) is 43.5 Å². The Hall–Kier alpha value is -1.83. The van der Waals surface area contributed by atoms with Gasteiger partial charge in [0.05, 0.1) is 17.6 Å². The van der Waals surface area contributed by atoms with Crippen LogP contribution < -0.4 is 9.21 Å². The van der Waals surface area contributed by atoms with Crippen LogP contribution in [0, 0.1) is 0 Å². The van der Waals surface area contributed by atoms with E-state index in [2.05, 4.69) is 21.7 Å². The van der Waals surface area contributed by atoms with E-state index in [0.29, 0.717) is 16.4 Å². The molecule has 1 aromatic carbocycles. The van der Waals surface area contributed by atoms with E-state index in [-0.39, 0.29) is 0 Å². The van der Waals surface area contributed by atoms with Crippen molar-refractivity contribution in [3.8, 4) is 0 Å². The molecule has 1 aromatic heterocycles. The lowest BCUT2D eigenvalue weighted by molar-refractivity contribution is 0.270. The second kappa shape index (κ2) is 7.82. The second-order valence-corrected chi connectivity index (χ2v) is 8.56. The van der Waals surface area contributed by atoms with Gasteiger partial charge in [0.1, 0.15) is 5.82 Å². The Morgan fingerprint density at radius 1 is 1.08 bits per heavy atom. The average molecular weight is 395 g/mol. The molecular formula is C18H23ClN4O2S. The molecule has 0 atom stereocenters. The summed E-state index contributed by atoms with van der Waals surface area (Å²) in [4.78, 5) is 9.03. The number of hydrogen-bond donors (Lipinski definition) is 0. The minimum absolute atomic E-state index is 0.546. The van der Waals surface area contributed by atoms with Gasteiger partial charge < -0.3 is 9.80 Å². The van der Waals surface area contributed by atoms with Gasteiger partial charge in [-0.1, -0.05) is 18.5 Å². The summed E-state index contributed by atoms with van der Waals surface area (Å²) in [7, 11) is -3.51. The van der Waals surface area contributed by atoms with E-state index in [1.54, 1.807) is 36.5 Å². The maximum atomic E-state index is 12.4. The molecule has 2 heterocycles. The maximum Gasteiger partial charge on any atom is 0.236 e. The minimum Gasteiger partial charge on any atom is -0.354 e. The average Bonchev–Trinajstić information content (AvgIpc) is 2.63. The Morgan fingerprint density at radius 3 is 2.31 bits per heavy atom. The number of benzene rings is 1. The van der Waals surface area contributed by atoms with Crippen molar-refractivity contribution in [3.05, 3.63) is 47.6 Å². The molecule has 0 saturated carbocycles. The lowest BCUT2D eigenvalue weighted by Crippen LogP contribution is -2.46. The molecule has 1 fully saturated rings. The molecule has 0 aliphatic carbocycles. The molecule has 0 radical (unpaired) electrons. The molecule has 1 aliphatic rings. The molecular weight excluding hydrogens is 372 g/mol. The van der Waals surface area contributed by atoms with Gasteiger partial charge in [0.15, 0.2) is 0 Å². The first-order valence-electron chi connectivity index (χ1n) is 8.57. The van der Waals surface area contributed by atoms with Crippen LogP contribution in [0.25, 0.3) is 0 Å². The summed E-state index contributed by atoms with van der Waals surface area (Å²) in [5.74, 6) is 0.792. The van der Waals surface area contributed by atoms with E-state index < -0.39 is 10.0 Å². The molecule has 0 bridgehead atoms. The van der Waals surface area contributed by atoms with Crippen LogP contribution in [-0.2, 0) is 10.0 Å². The van der Waals surface area contributed by atoms with E-state index in [0.717, 1.165) is 38.5 Å². The van der Waals surface area contributed by atoms with E-state index in [4.69, 9.17) is 11.6 Å². The molecule has 0 unspecified atom stereocenters. The zero-order valence-electron chi connectivity index (χ0n) is 15.0. The van der Waals surface area contributed by atoms with Gasteiger partial charge in [-0.25, -0.2) is 17.7 Å². The third-order valence-electron chi connectivity index (χ3n) is 4.50. The Labute approximate surface area is 160 Å². The summed E-state index contributed by atoms with van der Waals surface area (Å²) >= 11 is 5.94. The van der Waals surface area contributed by atoms with E-state index in [1.807, 2.05) is 6.07 Å². The first-order valence-corrected chi connectivity index (χ1v) is 10.8. The highest BCUT2D eigenvalue weighted by atomic mass is 35.5. The number of anilines is 3. The van der Waals surface area contributed by atoms with Gasteiger partial charge in [0.2, 0.25) is 10.0 Å². The molecule has 8 heteroatoms. The highest BCUT2D eigenvalue weighted by Gasteiger charge is 2.22. The molecule has 3 rings (SSSR count). The normalized spacial score (nSPS) is 15.9. The number of sulfonamides is 1. The van der Waals surface area contributed by atoms with Crippen molar-refractivity contribution in [3.63, 3.8) is 0 Å². The fraction of sp³-hybridized carbons (Fsp3) is 0.389. The first-order chi connectivity index (χ1) is 12.4. The van der Waals surface area contributed by atoms with Gasteiger partial charge in [0.25, 0.3) is 0 Å². The van der Waals surface area contributed by atoms with E-state index >= 15 is 0 Å². The zero-order chi connectivity index (χ0) is 18.7. The monoisotopic (exact) mass is 394 g/mol. The molecule has 0 N–H and O–H groups in total. The van der Waals surface area contributed by atoms with Gasteiger partial charge in [-0.05, 0) is 36.9 Å². The smallest absolute Gasteiger partial charge is 0.236 e. The molecule has 1 saturated heterocycles. The number of aromatic nitrogens is 1. The Kier molecular flexibility index (Phi) is 5.70. The topological polar surface area (TPSA) is 56.8 Å². The second-order valence-electron chi connectivity index (χ2n) is 6.30. The van der Waals surface area contributed by atoms with E-state index in [1.165, 1.54) is 10.6 Å². The minimum atomic E-state index is -3.51. The van der Waals surface area contributed by atoms with Crippen molar-refractivity contribution in [2.75, 3.05) is 48.2 Å². The quantitative estimate of drug-likeness (QED) is 0.780. The molecule has 0 spiro atoms. The van der Waals surface area contributed by atoms with Gasteiger partial charge >= 0.3 is 0 Å². The van der Waals surface area contributed by atoms with Gasteiger partial charge in [-0.3, -0.25) is 0 Å². The van der Waals surface area contributed by atoms with Crippen LogP contribution in [0.5, 0.6) is 0 Å². The molecule has 1 aliphatic heterocycles. The lowest BCUT2D eigenvalue weighted by atomic mass is 10.2. The summed E-state index contributed by atoms with van der Waals surface area (Å²) in [6.07, 6.45) is 2.85. The summed E-state index contributed by atoms with van der Waals surface area (Å²) in [5, 5.41) is 0.561. The molecule has 140 valence electrons. The summed E-state index contributed by atoms with van der Waals surface area (Å²) in [5.41, 5.74) is 1.11. The number of piperazine rings is 1. The van der Waals surface area contributed by atoms with Gasteiger partial charge in [-0.15, -0.1) is 0 Å². The summed E-state index contributed by atoms with van der Waals surface area (Å²) in [6, 6.07) is 10.3. The number of nitrogens with zero attached hydrogens (tertiary/aromatic N) is 4. The van der Waals surface area contributed by atoms with Crippen LogP contribution in [0.2, 0.25) is 5.02 Å². The fourth-order valence-electron chi connectivity index (χ4n) is 3.11. The van der Waals surface area contributed by atoms with Crippen LogP contribution in [-0.4, -0.2) is 57.3 Å². The molecule has 26 heavy (non-hydrogen) atoms. The van der Waals surface area contributed by atoms with E-state index in [9.17, 15) is 8.42 Å². The Bertz CT molecular complexity index is 850. The van der Waals surface area contributed by atoms with Crippen LogP contribution in [0.15, 0.2) is 42.6 Å². The van der Waals surface area contributed by atoms with Gasteiger partial charge in [-0.2, -0.15) is 0 Å². The van der Waals surface area contributed by atoms with Crippen LogP contribution in [0.1, 0.15) is 6.92 Å². The number of rotatable bonds is 5. The maximum absolute atomic E-state index is 12.4. The Morgan fingerprint density at radius 2 is 1.73 bits per heavy atom. The van der Waals surface area contributed by atoms with Crippen molar-refractivity contribution < 1.29 is 8.42 Å². The summed E-state index contributed by atoms with van der Waals surface area (Å²) in [6.45, 7) is 6.92. The largest absolute Gasteiger partial charge is 0.354 e. The fourth-order valence-corrected chi connectivity index (χ4v) is 4.24. The number of halogens is 1. The molecule has 2 aromatic rings. The number of likely N-dealkylation sites (N-methyl/N-ethyl adjacent to an activating group) is 1.